The van der Waals surface area contributed by atoms with Crippen LogP contribution in [0.2, 0.25) is 0 Å². The predicted molar refractivity (Wildman–Crippen MR) is 124 cm³/mol. The quantitative estimate of drug-likeness (QED) is 0.544. The molecule has 0 saturated carbocycles. The van der Waals surface area contributed by atoms with E-state index in [1.807, 2.05) is 43.0 Å². The number of hydrogen-bond acceptors (Lipinski definition) is 6. The standard InChI is InChI=1S/C24H32N2O5S/c1-17(2)13-25(24(28)16-29-3)14-23(27)26-10-8-22-20(9-11-32-22)21(26)15-31-19-7-5-6-18(12-19)30-4/h5-7,9,11-12,17,21H,8,10,13-16H2,1-4H3/t21-/m0/s1. The lowest BCUT2D eigenvalue weighted by molar-refractivity contribution is -0.145. The van der Waals surface area contributed by atoms with Gasteiger partial charge in [-0.1, -0.05) is 19.9 Å². The topological polar surface area (TPSA) is 68.3 Å². The molecular weight excluding hydrogens is 428 g/mol. The molecule has 0 spiro atoms. The molecule has 0 unspecified atom stereocenters. The fourth-order valence-electron chi connectivity index (χ4n) is 3.90. The number of rotatable bonds is 10. The van der Waals surface area contributed by atoms with Gasteiger partial charge in [0.05, 0.1) is 19.7 Å². The Labute approximate surface area is 193 Å². The van der Waals surface area contributed by atoms with Gasteiger partial charge in [0.1, 0.15) is 24.7 Å². The molecular formula is C24H32N2O5S. The summed E-state index contributed by atoms with van der Waals surface area (Å²) in [5.41, 5.74) is 1.12. The van der Waals surface area contributed by atoms with E-state index in [4.69, 9.17) is 14.2 Å². The number of ether oxygens (including phenoxy) is 3. The monoisotopic (exact) mass is 460 g/mol. The molecule has 0 aliphatic carbocycles. The molecule has 1 aliphatic rings. The zero-order valence-electron chi connectivity index (χ0n) is 19.2. The highest BCUT2D eigenvalue weighted by molar-refractivity contribution is 7.10. The lowest BCUT2D eigenvalue weighted by Crippen LogP contribution is -2.49. The molecule has 8 heteroatoms. The van der Waals surface area contributed by atoms with Gasteiger partial charge in [-0.3, -0.25) is 9.59 Å². The smallest absolute Gasteiger partial charge is 0.249 e. The molecule has 0 radical (unpaired) electrons. The minimum Gasteiger partial charge on any atom is -0.497 e. The minimum atomic E-state index is -0.206. The molecule has 3 rings (SSSR count). The van der Waals surface area contributed by atoms with Gasteiger partial charge in [-0.2, -0.15) is 0 Å². The number of hydrogen-bond donors (Lipinski definition) is 0. The van der Waals surface area contributed by atoms with E-state index in [2.05, 4.69) is 11.4 Å². The minimum absolute atomic E-state index is 0.0307. The zero-order chi connectivity index (χ0) is 23.1. The first-order valence-electron chi connectivity index (χ1n) is 10.8. The zero-order valence-corrected chi connectivity index (χ0v) is 20.0. The van der Waals surface area contributed by atoms with E-state index in [1.165, 1.54) is 12.0 Å². The maximum atomic E-state index is 13.4. The lowest BCUT2D eigenvalue weighted by Gasteiger charge is -2.37. The van der Waals surface area contributed by atoms with Crippen LogP contribution in [-0.4, -0.2) is 68.7 Å². The normalized spacial score (nSPS) is 15.4. The number of nitrogens with zero attached hydrogens (tertiary/aromatic N) is 2. The first-order chi connectivity index (χ1) is 15.4. The Morgan fingerprint density at radius 1 is 1.22 bits per heavy atom. The third kappa shape index (κ3) is 6.01. The fourth-order valence-corrected chi connectivity index (χ4v) is 4.83. The summed E-state index contributed by atoms with van der Waals surface area (Å²) < 4.78 is 16.4. The highest BCUT2D eigenvalue weighted by Gasteiger charge is 2.33. The molecule has 0 bridgehead atoms. The Morgan fingerprint density at radius 2 is 2.00 bits per heavy atom. The van der Waals surface area contributed by atoms with Crippen molar-refractivity contribution in [1.29, 1.82) is 0 Å². The molecule has 32 heavy (non-hydrogen) atoms. The van der Waals surface area contributed by atoms with Crippen LogP contribution < -0.4 is 9.47 Å². The summed E-state index contributed by atoms with van der Waals surface area (Å²) in [6.45, 7) is 5.51. The third-order valence-electron chi connectivity index (χ3n) is 5.40. The van der Waals surface area contributed by atoms with Crippen molar-refractivity contribution in [2.24, 2.45) is 5.92 Å². The second kappa shape index (κ2) is 11.3. The maximum absolute atomic E-state index is 13.4. The third-order valence-corrected chi connectivity index (χ3v) is 6.39. The molecule has 1 atom stereocenters. The van der Waals surface area contributed by atoms with E-state index in [0.29, 0.717) is 25.4 Å². The summed E-state index contributed by atoms with van der Waals surface area (Å²) in [7, 11) is 3.11. The fraction of sp³-hybridized carbons (Fsp3) is 0.500. The van der Waals surface area contributed by atoms with Crippen LogP contribution >= 0.6 is 11.3 Å². The van der Waals surface area contributed by atoms with Gasteiger partial charge in [-0.25, -0.2) is 0 Å². The van der Waals surface area contributed by atoms with Crippen LogP contribution in [0.5, 0.6) is 11.5 Å². The van der Waals surface area contributed by atoms with Crippen LogP contribution in [0, 0.1) is 5.92 Å². The molecule has 2 aromatic rings. The molecule has 2 amide bonds. The number of amides is 2. The van der Waals surface area contributed by atoms with Crippen LogP contribution in [0.15, 0.2) is 35.7 Å². The van der Waals surface area contributed by atoms with Gasteiger partial charge in [0, 0.05) is 31.1 Å². The molecule has 1 aromatic carbocycles. The van der Waals surface area contributed by atoms with Gasteiger partial charge < -0.3 is 24.0 Å². The number of fused-ring (bicyclic) bond motifs is 1. The van der Waals surface area contributed by atoms with E-state index < -0.39 is 0 Å². The number of thiophene rings is 1. The number of carbonyl (C=O) groups is 2. The van der Waals surface area contributed by atoms with E-state index in [9.17, 15) is 9.59 Å². The Hall–Kier alpha value is -2.58. The summed E-state index contributed by atoms with van der Waals surface area (Å²) in [6, 6.07) is 9.31. The summed E-state index contributed by atoms with van der Waals surface area (Å²) in [4.78, 5) is 30.6. The Morgan fingerprint density at radius 3 is 2.72 bits per heavy atom. The van der Waals surface area contributed by atoms with Crippen molar-refractivity contribution in [3.8, 4) is 11.5 Å². The van der Waals surface area contributed by atoms with Crippen molar-refractivity contribution in [1.82, 2.24) is 9.80 Å². The summed E-state index contributed by atoms with van der Waals surface area (Å²) >= 11 is 1.71. The van der Waals surface area contributed by atoms with Gasteiger partial charge >= 0.3 is 0 Å². The molecule has 1 aromatic heterocycles. The summed E-state index contributed by atoms with van der Waals surface area (Å²) in [6.07, 6.45) is 0.810. The van der Waals surface area contributed by atoms with Gasteiger partial charge in [0.25, 0.3) is 0 Å². The van der Waals surface area contributed by atoms with Crippen LogP contribution in [0.3, 0.4) is 0 Å². The first-order valence-corrected chi connectivity index (χ1v) is 11.7. The molecule has 2 heterocycles. The van der Waals surface area contributed by atoms with Crippen molar-refractivity contribution >= 4 is 23.2 Å². The second-order valence-electron chi connectivity index (χ2n) is 8.24. The van der Waals surface area contributed by atoms with Crippen molar-refractivity contribution in [2.75, 3.05) is 47.1 Å². The SMILES string of the molecule is COCC(=O)N(CC(=O)N1CCc2sccc2[C@@H]1COc1cccc(OC)c1)CC(C)C. The van der Waals surface area contributed by atoms with Crippen molar-refractivity contribution in [2.45, 2.75) is 26.3 Å². The van der Waals surface area contributed by atoms with Gasteiger partial charge in [-0.05, 0) is 41.5 Å². The highest BCUT2D eigenvalue weighted by atomic mass is 32.1. The average Bonchev–Trinajstić information content (AvgIpc) is 3.26. The van der Waals surface area contributed by atoms with Crippen molar-refractivity contribution in [3.05, 3.63) is 46.2 Å². The molecule has 174 valence electrons. The molecule has 7 nitrogen and oxygen atoms in total. The van der Waals surface area contributed by atoms with Crippen LogP contribution in [0.25, 0.3) is 0 Å². The first kappa shape index (κ1) is 24.1. The molecule has 1 aliphatic heterocycles. The van der Waals surface area contributed by atoms with Gasteiger partial charge in [0.2, 0.25) is 11.8 Å². The molecule has 0 N–H and O–H groups in total. The van der Waals surface area contributed by atoms with Gasteiger partial charge in [-0.15, -0.1) is 11.3 Å². The molecule has 0 saturated heterocycles. The number of carbonyl (C=O) groups excluding carboxylic acids is 2. The average molecular weight is 461 g/mol. The van der Waals surface area contributed by atoms with Crippen LogP contribution in [-0.2, 0) is 20.7 Å². The maximum Gasteiger partial charge on any atom is 0.249 e. The highest BCUT2D eigenvalue weighted by Crippen LogP contribution is 2.34. The number of benzene rings is 1. The van der Waals surface area contributed by atoms with Crippen molar-refractivity contribution < 1.29 is 23.8 Å². The van der Waals surface area contributed by atoms with Crippen molar-refractivity contribution in [3.63, 3.8) is 0 Å². The van der Waals surface area contributed by atoms with E-state index in [0.717, 1.165) is 17.7 Å². The Bertz CT molecular complexity index is 913. The largest absolute Gasteiger partial charge is 0.497 e. The van der Waals surface area contributed by atoms with Gasteiger partial charge in [0.15, 0.2) is 0 Å². The predicted octanol–water partition coefficient (Wildman–Crippen LogP) is 3.39. The lowest BCUT2D eigenvalue weighted by atomic mass is 10.0. The Balaban J connectivity index is 1.76. The number of methoxy groups -OCH3 is 2. The summed E-state index contributed by atoms with van der Waals surface area (Å²) in [5.74, 6) is 1.41. The second-order valence-corrected chi connectivity index (χ2v) is 9.24. The molecule has 0 fully saturated rings. The van der Waals surface area contributed by atoms with Crippen LogP contribution in [0.4, 0.5) is 0 Å². The summed E-state index contributed by atoms with van der Waals surface area (Å²) in [5, 5.41) is 2.06. The van der Waals surface area contributed by atoms with Crippen LogP contribution in [0.1, 0.15) is 30.3 Å². The van der Waals surface area contributed by atoms with E-state index in [1.54, 1.807) is 23.3 Å². The van der Waals surface area contributed by atoms with E-state index >= 15 is 0 Å². The Kier molecular flexibility index (Phi) is 8.53. The van der Waals surface area contributed by atoms with E-state index in [-0.39, 0.29) is 36.9 Å².